The number of carbonyl (C=O) groups excluding carboxylic acids is 1. The van der Waals surface area contributed by atoms with E-state index in [9.17, 15) is 4.79 Å². The van der Waals surface area contributed by atoms with Crippen LogP contribution in [0.5, 0.6) is 0 Å². The molecule has 0 aliphatic carbocycles. The number of nitrogens with two attached hydrogens (primary N) is 1. The van der Waals surface area contributed by atoms with Gasteiger partial charge in [-0.2, -0.15) is 5.10 Å². The highest BCUT2D eigenvalue weighted by Crippen LogP contribution is 2.33. The Kier molecular flexibility index (Phi) is 11.4. The van der Waals surface area contributed by atoms with Gasteiger partial charge in [0.1, 0.15) is 0 Å². The lowest BCUT2D eigenvalue weighted by Crippen LogP contribution is -2.45. The highest BCUT2D eigenvalue weighted by Gasteiger charge is 2.38. The first-order chi connectivity index (χ1) is 24.8. The number of halogens is 2. The van der Waals surface area contributed by atoms with Crippen molar-refractivity contribution in [2.24, 2.45) is 5.73 Å². The topological polar surface area (TPSA) is 107 Å². The molecule has 3 aliphatic heterocycles. The Bertz CT molecular complexity index is 1890. The van der Waals surface area contributed by atoms with E-state index in [0.717, 1.165) is 104 Å². The lowest BCUT2D eigenvalue weighted by Gasteiger charge is -2.26. The molecule has 7 rings (SSSR count). The van der Waals surface area contributed by atoms with Crippen LogP contribution in [0.4, 0.5) is 0 Å². The number of ether oxygens (including phenoxy) is 2. The van der Waals surface area contributed by atoms with Crippen LogP contribution in [0.25, 0.3) is 11.3 Å². The number of carbonyl (C=O) groups is 1. The lowest BCUT2D eigenvalue weighted by atomic mass is 9.97. The fourth-order valence-corrected chi connectivity index (χ4v) is 7.51. The third-order valence-corrected chi connectivity index (χ3v) is 10.6. The average Bonchev–Trinajstić information content (AvgIpc) is 3.70. The second kappa shape index (κ2) is 16.3. The van der Waals surface area contributed by atoms with E-state index in [-0.39, 0.29) is 11.7 Å². The van der Waals surface area contributed by atoms with E-state index in [1.165, 1.54) is 11.1 Å². The molecule has 3 aliphatic rings. The summed E-state index contributed by atoms with van der Waals surface area (Å²) in [5, 5.41) is 13.2. The first-order valence-corrected chi connectivity index (χ1v) is 18.6. The molecule has 1 amide bonds. The number of fused-ring (bicyclic) bond motifs is 1. The molecule has 9 nitrogen and oxygen atoms in total. The Balaban J connectivity index is 1.03. The third-order valence-electron chi connectivity index (χ3n) is 10.0. The predicted octanol–water partition coefficient (Wildman–Crippen LogP) is 5.67. The Hall–Kier alpha value is -3.72. The van der Waals surface area contributed by atoms with Gasteiger partial charge in [0.15, 0.2) is 5.79 Å². The lowest BCUT2D eigenvalue weighted by molar-refractivity contribution is -0.164. The van der Waals surface area contributed by atoms with Gasteiger partial charge in [-0.3, -0.25) is 9.48 Å². The number of benzene rings is 3. The molecule has 0 saturated carbocycles. The van der Waals surface area contributed by atoms with Crippen LogP contribution in [0.15, 0.2) is 66.7 Å². The van der Waals surface area contributed by atoms with Gasteiger partial charge in [-0.15, -0.1) is 0 Å². The zero-order valence-corrected chi connectivity index (χ0v) is 30.2. The normalized spacial score (nSPS) is 18.6. The molecular weight excluding hydrogens is 683 g/mol. The zero-order valence-electron chi connectivity index (χ0n) is 28.7. The second-order valence-electron chi connectivity index (χ2n) is 13.6. The Labute approximate surface area is 309 Å². The molecule has 0 bridgehead atoms. The van der Waals surface area contributed by atoms with Crippen molar-refractivity contribution in [2.75, 3.05) is 32.8 Å². The van der Waals surface area contributed by atoms with Crippen LogP contribution in [0.2, 0.25) is 10.0 Å². The number of likely N-dealkylation sites (tertiary alicyclic amines) is 1. The summed E-state index contributed by atoms with van der Waals surface area (Å²) < 4.78 is 14.0. The SMILES string of the molecule is NC(=O)C1Cc2c(c(-c3ccc(Cl)c(C#Cc4ccc(CNCc5ccc(Cl)cc5)cc4)c3)nn2CCCN2CCCC3(CC2)OCCO3)CN1. The average molecular weight is 728 g/mol. The predicted molar refractivity (Wildman–Crippen MR) is 200 cm³/mol. The minimum absolute atomic E-state index is 0.351. The molecule has 2 fully saturated rings. The van der Waals surface area contributed by atoms with Crippen LogP contribution >= 0.6 is 23.2 Å². The summed E-state index contributed by atoms with van der Waals surface area (Å²) in [5.41, 5.74) is 13.7. The van der Waals surface area contributed by atoms with Gasteiger partial charge in [0.05, 0.1) is 30.0 Å². The van der Waals surface area contributed by atoms with Crippen LogP contribution in [-0.4, -0.2) is 65.3 Å². The summed E-state index contributed by atoms with van der Waals surface area (Å²) in [6.07, 6.45) is 4.35. The number of primary amides is 1. The summed E-state index contributed by atoms with van der Waals surface area (Å²) in [6, 6.07) is 21.6. The summed E-state index contributed by atoms with van der Waals surface area (Å²) in [6.45, 7) is 7.10. The minimum Gasteiger partial charge on any atom is -0.368 e. The highest BCUT2D eigenvalue weighted by molar-refractivity contribution is 6.31. The largest absolute Gasteiger partial charge is 0.368 e. The molecule has 1 unspecified atom stereocenters. The van der Waals surface area contributed by atoms with Crippen molar-refractivity contribution in [1.82, 2.24) is 25.3 Å². The van der Waals surface area contributed by atoms with E-state index >= 15 is 0 Å². The maximum Gasteiger partial charge on any atom is 0.234 e. The summed E-state index contributed by atoms with van der Waals surface area (Å²) in [4.78, 5) is 14.7. The fraction of sp³-hybridized carbons (Fsp3) is 0.400. The molecule has 1 spiro atoms. The van der Waals surface area contributed by atoms with Gasteiger partial charge in [-0.05, 0) is 73.5 Å². The Morgan fingerprint density at radius 2 is 1.71 bits per heavy atom. The van der Waals surface area contributed by atoms with Gasteiger partial charge in [0.2, 0.25) is 5.91 Å². The number of rotatable bonds is 10. The zero-order chi connectivity index (χ0) is 35.2. The molecule has 0 radical (unpaired) electrons. The monoisotopic (exact) mass is 726 g/mol. The van der Waals surface area contributed by atoms with Crippen molar-refractivity contribution in [3.8, 4) is 23.1 Å². The van der Waals surface area contributed by atoms with Crippen molar-refractivity contribution >= 4 is 29.1 Å². The second-order valence-corrected chi connectivity index (χ2v) is 14.4. The molecule has 11 heteroatoms. The van der Waals surface area contributed by atoms with Crippen molar-refractivity contribution in [2.45, 2.75) is 70.1 Å². The van der Waals surface area contributed by atoms with Crippen molar-refractivity contribution in [3.05, 3.63) is 110 Å². The van der Waals surface area contributed by atoms with Gasteiger partial charge >= 0.3 is 0 Å². The van der Waals surface area contributed by atoms with E-state index in [4.69, 9.17) is 43.5 Å². The smallest absolute Gasteiger partial charge is 0.234 e. The first kappa shape index (κ1) is 35.7. The van der Waals surface area contributed by atoms with E-state index < -0.39 is 6.04 Å². The number of hydrogen-bond acceptors (Lipinski definition) is 7. The van der Waals surface area contributed by atoms with Gasteiger partial charge in [0, 0.05) is 85.0 Å². The summed E-state index contributed by atoms with van der Waals surface area (Å²) >= 11 is 12.7. The fourth-order valence-electron chi connectivity index (χ4n) is 7.21. The van der Waals surface area contributed by atoms with Crippen LogP contribution in [0.1, 0.15) is 59.2 Å². The van der Waals surface area contributed by atoms with E-state index in [0.29, 0.717) is 31.2 Å². The maximum atomic E-state index is 12.2. The maximum absolute atomic E-state index is 12.2. The van der Waals surface area contributed by atoms with Crippen molar-refractivity contribution < 1.29 is 14.3 Å². The minimum atomic E-state index is -0.425. The molecule has 4 heterocycles. The summed E-state index contributed by atoms with van der Waals surface area (Å²) in [5.74, 6) is 5.84. The van der Waals surface area contributed by atoms with Crippen molar-refractivity contribution in [1.29, 1.82) is 0 Å². The molecule has 51 heavy (non-hydrogen) atoms. The number of hydrogen-bond donors (Lipinski definition) is 3. The number of amides is 1. The first-order valence-electron chi connectivity index (χ1n) is 17.8. The Morgan fingerprint density at radius 1 is 0.961 bits per heavy atom. The molecular formula is C40H44Cl2N6O3. The quantitative estimate of drug-likeness (QED) is 0.181. The van der Waals surface area contributed by atoms with Crippen LogP contribution in [-0.2, 0) is 46.9 Å². The van der Waals surface area contributed by atoms with Crippen molar-refractivity contribution in [3.63, 3.8) is 0 Å². The third kappa shape index (κ3) is 8.85. The number of nitrogens with zero attached hydrogens (tertiary/aromatic N) is 3. The van der Waals surface area contributed by atoms with Gasteiger partial charge < -0.3 is 30.7 Å². The molecule has 2 saturated heterocycles. The molecule has 1 atom stereocenters. The molecule has 1 aromatic heterocycles. The number of aryl methyl sites for hydroxylation is 1. The van der Waals surface area contributed by atoms with E-state index in [1.807, 2.05) is 54.6 Å². The van der Waals surface area contributed by atoms with Crippen LogP contribution in [0, 0.1) is 11.8 Å². The molecule has 3 aromatic carbocycles. The van der Waals surface area contributed by atoms with Crippen LogP contribution in [0.3, 0.4) is 0 Å². The summed E-state index contributed by atoms with van der Waals surface area (Å²) in [7, 11) is 0. The molecule has 4 aromatic rings. The number of nitrogens with one attached hydrogen (secondary N) is 2. The van der Waals surface area contributed by atoms with E-state index in [2.05, 4.69) is 44.2 Å². The van der Waals surface area contributed by atoms with Gasteiger partial charge in [-0.1, -0.05) is 65.4 Å². The van der Waals surface area contributed by atoms with E-state index in [1.54, 1.807) is 0 Å². The molecule has 266 valence electrons. The molecule has 4 N–H and O–H groups in total. The highest BCUT2D eigenvalue weighted by atomic mass is 35.5. The Morgan fingerprint density at radius 3 is 2.45 bits per heavy atom. The standard InChI is InChI=1S/C40H44Cl2N6O3/c41-33-12-8-30(9-13-33)26-44-25-29-5-3-28(4-6-29)7-10-31-23-32(11-14-35(31)42)38-34-27-45-36(39(43)49)24-37(34)48(46-38)19-2-18-47-17-1-15-40(16-20-47)50-21-22-51-40/h3-6,8-9,11-14,23,36,44-45H,1-2,15-22,24-27H2,(H2,43,49). The van der Waals surface area contributed by atoms with Gasteiger partial charge in [-0.25, -0.2) is 0 Å². The van der Waals surface area contributed by atoms with Crippen LogP contribution < -0.4 is 16.4 Å². The van der Waals surface area contributed by atoms with Gasteiger partial charge in [0.25, 0.3) is 0 Å². The number of aromatic nitrogens is 2.